The highest BCUT2D eigenvalue weighted by Gasteiger charge is 2.20. The maximum absolute atomic E-state index is 12.3. The van der Waals surface area contributed by atoms with Crippen LogP contribution in [0.3, 0.4) is 0 Å². The van der Waals surface area contributed by atoms with Crippen molar-refractivity contribution in [2.24, 2.45) is 0 Å². The van der Waals surface area contributed by atoms with Crippen molar-refractivity contribution in [2.45, 2.75) is 39.7 Å². The lowest BCUT2D eigenvalue weighted by molar-refractivity contribution is -0.384. The van der Waals surface area contributed by atoms with Crippen LogP contribution in [-0.4, -0.2) is 26.9 Å². The Bertz CT molecular complexity index is 1120. The molecule has 0 bridgehead atoms. The van der Waals surface area contributed by atoms with Crippen LogP contribution in [0.1, 0.15) is 53.2 Å². The average Bonchev–Trinajstić information content (AvgIpc) is 3.24. The minimum atomic E-state index is -0.802. The summed E-state index contributed by atoms with van der Waals surface area (Å²) in [4.78, 5) is 34.7. The van der Waals surface area contributed by atoms with Crippen molar-refractivity contribution < 1.29 is 23.7 Å². The van der Waals surface area contributed by atoms with Crippen LogP contribution in [-0.2, 0) is 9.53 Å². The maximum Gasteiger partial charge on any atom is 0.307 e. The number of esters is 1. The number of nitro benzene ring substituents is 1. The van der Waals surface area contributed by atoms with Crippen molar-refractivity contribution in [3.63, 3.8) is 0 Å². The molecule has 0 amide bonds. The van der Waals surface area contributed by atoms with Crippen LogP contribution >= 0.6 is 0 Å². The fourth-order valence-electron chi connectivity index (χ4n) is 2.82. The van der Waals surface area contributed by atoms with Crippen molar-refractivity contribution in [1.29, 1.82) is 0 Å². The Hall–Kier alpha value is -3.88. The van der Waals surface area contributed by atoms with Crippen LogP contribution in [0.2, 0.25) is 0 Å². The molecule has 1 heterocycles. The molecule has 31 heavy (non-hydrogen) atoms. The Kier molecular flexibility index (Phi) is 6.54. The number of non-ortho nitro benzene ring substituents is 1. The maximum atomic E-state index is 12.3. The van der Waals surface area contributed by atoms with Gasteiger partial charge in [-0.25, -0.2) is 0 Å². The van der Waals surface area contributed by atoms with Gasteiger partial charge in [0.25, 0.3) is 11.6 Å². The molecule has 1 unspecified atom stereocenters. The molecule has 1 atom stereocenters. The largest absolute Gasteiger partial charge is 0.453 e. The number of hydrogen-bond acceptors (Lipinski definition) is 8. The van der Waals surface area contributed by atoms with Crippen molar-refractivity contribution >= 4 is 17.4 Å². The highest BCUT2D eigenvalue weighted by molar-refractivity contribution is 5.97. The molecule has 0 aliphatic heterocycles. The molecule has 0 radical (unpaired) electrons. The third-order valence-electron chi connectivity index (χ3n) is 4.81. The summed E-state index contributed by atoms with van der Waals surface area (Å²) in [6.07, 6.45) is -0.839. The van der Waals surface area contributed by atoms with E-state index in [1.807, 2.05) is 26.0 Å². The molecule has 3 aromatic rings. The molecule has 0 spiro atoms. The molecular formula is C22H21N3O6. The molecule has 9 heteroatoms. The van der Waals surface area contributed by atoms with Crippen molar-refractivity contribution in [1.82, 2.24) is 10.2 Å². The van der Waals surface area contributed by atoms with Gasteiger partial charge in [0.1, 0.15) is 0 Å². The molecule has 2 aromatic carbocycles. The van der Waals surface area contributed by atoms with E-state index in [0.717, 1.165) is 11.1 Å². The van der Waals surface area contributed by atoms with Gasteiger partial charge in [-0.15, -0.1) is 10.2 Å². The lowest BCUT2D eigenvalue weighted by Crippen LogP contribution is -2.11. The zero-order chi connectivity index (χ0) is 22.5. The van der Waals surface area contributed by atoms with Gasteiger partial charge in [-0.1, -0.05) is 12.1 Å². The van der Waals surface area contributed by atoms with E-state index in [2.05, 4.69) is 10.2 Å². The lowest BCUT2D eigenvalue weighted by atomic mass is 10.0. The zero-order valence-corrected chi connectivity index (χ0v) is 17.3. The van der Waals surface area contributed by atoms with Gasteiger partial charge in [0.05, 0.1) is 11.3 Å². The fourth-order valence-corrected chi connectivity index (χ4v) is 2.82. The molecular weight excluding hydrogens is 402 g/mol. The van der Waals surface area contributed by atoms with Crippen LogP contribution in [0.15, 0.2) is 46.9 Å². The quantitative estimate of drug-likeness (QED) is 0.224. The molecule has 0 aliphatic rings. The van der Waals surface area contributed by atoms with Gasteiger partial charge in [-0.3, -0.25) is 19.7 Å². The van der Waals surface area contributed by atoms with Gasteiger partial charge in [-0.05, 0) is 50.1 Å². The summed E-state index contributed by atoms with van der Waals surface area (Å²) in [5, 5.41) is 18.5. The van der Waals surface area contributed by atoms with E-state index < -0.39 is 17.0 Å². The first-order valence-electron chi connectivity index (χ1n) is 9.62. The summed E-state index contributed by atoms with van der Waals surface area (Å²) in [6.45, 7) is 5.47. The second-order valence-corrected chi connectivity index (χ2v) is 7.10. The van der Waals surface area contributed by atoms with Gasteiger partial charge >= 0.3 is 5.97 Å². The van der Waals surface area contributed by atoms with E-state index in [0.29, 0.717) is 11.1 Å². The predicted octanol–water partition coefficient (Wildman–Crippen LogP) is 4.53. The number of rotatable bonds is 8. The Morgan fingerprint density at radius 3 is 2.42 bits per heavy atom. The number of ketones is 1. The van der Waals surface area contributed by atoms with Crippen LogP contribution in [0, 0.1) is 24.0 Å². The number of benzene rings is 2. The minimum absolute atomic E-state index is 0.0337. The van der Waals surface area contributed by atoms with Crippen molar-refractivity contribution in [2.75, 3.05) is 0 Å². The topological polar surface area (TPSA) is 125 Å². The van der Waals surface area contributed by atoms with E-state index in [9.17, 15) is 19.7 Å². The monoisotopic (exact) mass is 423 g/mol. The van der Waals surface area contributed by atoms with E-state index in [1.54, 1.807) is 13.0 Å². The first-order valence-corrected chi connectivity index (χ1v) is 9.62. The molecule has 0 fully saturated rings. The summed E-state index contributed by atoms with van der Waals surface area (Å²) < 4.78 is 10.8. The molecule has 0 aliphatic carbocycles. The third kappa shape index (κ3) is 5.39. The first-order chi connectivity index (χ1) is 14.7. The Balaban J connectivity index is 1.55. The summed E-state index contributed by atoms with van der Waals surface area (Å²) in [6, 6.07) is 11.1. The number of nitrogens with zero attached hydrogens (tertiary/aromatic N) is 3. The number of hydrogen-bond donors (Lipinski definition) is 0. The number of aryl methyl sites for hydroxylation is 2. The standard InChI is InChI=1S/C22H21N3O6/c1-13-4-5-17(12-14(13)2)19(26)10-11-20(27)30-15(3)21-23-24-22(31-21)16-6-8-18(9-7-16)25(28)29/h4-9,12,15H,10-11H2,1-3H3. The van der Waals surface area contributed by atoms with Gasteiger partial charge in [-0.2, -0.15) is 0 Å². The number of carbonyl (C=O) groups excluding carboxylic acids is 2. The van der Waals surface area contributed by atoms with Gasteiger partial charge in [0, 0.05) is 29.7 Å². The lowest BCUT2D eigenvalue weighted by Gasteiger charge is -2.09. The van der Waals surface area contributed by atoms with Crippen molar-refractivity contribution in [3.05, 3.63) is 75.2 Å². The van der Waals surface area contributed by atoms with Crippen LogP contribution in [0.4, 0.5) is 5.69 Å². The Morgan fingerprint density at radius 1 is 1.06 bits per heavy atom. The fraction of sp³-hybridized carbons (Fsp3) is 0.273. The normalized spacial score (nSPS) is 11.7. The minimum Gasteiger partial charge on any atom is -0.453 e. The summed E-state index contributed by atoms with van der Waals surface area (Å²) in [5.41, 5.74) is 3.12. The molecule has 0 saturated carbocycles. The van der Waals surface area contributed by atoms with E-state index >= 15 is 0 Å². The number of ether oxygens (including phenoxy) is 1. The SMILES string of the molecule is Cc1ccc(C(=O)CCC(=O)OC(C)c2nnc(-c3ccc([N+](=O)[O-])cc3)o2)cc1C. The second-order valence-electron chi connectivity index (χ2n) is 7.10. The summed E-state index contributed by atoms with van der Waals surface area (Å²) in [5.74, 6) is -0.453. The Morgan fingerprint density at radius 2 is 1.77 bits per heavy atom. The molecule has 1 aromatic heterocycles. The molecule has 0 N–H and O–H groups in total. The van der Waals surface area contributed by atoms with Crippen LogP contribution in [0.25, 0.3) is 11.5 Å². The average molecular weight is 423 g/mol. The number of carbonyl (C=O) groups is 2. The second kappa shape index (κ2) is 9.29. The number of nitro groups is 1. The zero-order valence-electron chi connectivity index (χ0n) is 17.3. The third-order valence-corrected chi connectivity index (χ3v) is 4.81. The first kappa shape index (κ1) is 21.8. The Labute approximate surface area is 178 Å². The molecule has 0 saturated heterocycles. The van der Waals surface area contributed by atoms with Gasteiger partial charge < -0.3 is 9.15 Å². The number of Topliss-reactive ketones (excluding diaryl/α,β-unsaturated/α-hetero) is 1. The molecule has 3 rings (SSSR count). The predicted molar refractivity (Wildman–Crippen MR) is 110 cm³/mol. The highest BCUT2D eigenvalue weighted by Crippen LogP contribution is 2.24. The highest BCUT2D eigenvalue weighted by atomic mass is 16.6. The van der Waals surface area contributed by atoms with Crippen LogP contribution in [0.5, 0.6) is 0 Å². The van der Waals surface area contributed by atoms with Gasteiger partial charge in [0.15, 0.2) is 11.9 Å². The molecule has 9 nitrogen and oxygen atoms in total. The summed E-state index contributed by atoms with van der Waals surface area (Å²) >= 11 is 0. The van der Waals surface area contributed by atoms with E-state index in [1.165, 1.54) is 24.3 Å². The van der Waals surface area contributed by atoms with E-state index in [-0.39, 0.29) is 36.1 Å². The summed E-state index contributed by atoms with van der Waals surface area (Å²) in [7, 11) is 0. The molecule has 160 valence electrons. The number of aromatic nitrogens is 2. The van der Waals surface area contributed by atoms with Crippen molar-refractivity contribution in [3.8, 4) is 11.5 Å². The van der Waals surface area contributed by atoms with E-state index in [4.69, 9.17) is 9.15 Å². The van der Waals surface area contributed by atoms with Crippen LogP contribution < -0.4 is 0 Å². The van der Waals surface area contributed by atoms with Gasteiger partial charge in [0.2, 0.25) is 5.89 Å². The smallest absolute Gasteiger partial charge is 0.307 e.